The number of piperidine rings is 1. The Morgan fingerprint density at radius 3 is 2.68 bits per heavy atom. The summed E-state index contributed by atoms with van der Waals surface area (Å²) in [7, 11) is 1.63. The zero-order valence-electron chi connectivity index (χ0n) is 21.1. The Kier molecular flexibility index (Phi) is 5.39. The van der Waals surface area contributed by atoms with Crippen molar-refractivity contribution in [2.45, 2.75) is 32.0 Å². The fourth-order valence-electron chi connectivity index (χ4n) is 5.75. The Labute approximate surface area is 218 Å². The highest BCUT2D eigenvalue weighted by molar-refractivity contribution is 6.01. The highest BCUT2D eigenvalue weighted by Gasteiger charge is 2.44. The third-order valence-electron chi connectivity index (χ3n) is 7.58. The number of H-pyrrole nitrogens is 1. The quantitative estimate of drug-likeness (QED) is 0.351. The number of nitrogens with zero attached hydrogens (tertiary/aromatic N) is 7. The fraction of sp³-hybridized carbons (Fsp3) is 0.333. The Balaban J connectivity index is 1.13. The van der Waals surface area contributed by atoms with Crippen LogP contribution in [0.15, 0.2) is 48.9 Å². The first-order valence-corrected chi connectivity index (χ1v) is 12.8. The molecule has 0 saturated carbocycles. The van der Waals surface area contributed by atoms with Crippen LogP contribution in [-0.4, -0.2) is 73.6 Å². The van der Waals surface area contributed by atoms with E-state index in [9.17, 15) is 4.39 Å². The lowest BCUT2D eigenvalue weighted by molar-refractivity contribution is -0.00876. The van der Waals surface area contributed by atoms with Crippen molar-refractivity contribution >= 4 is 22.4 Å². The number of piperazine rings is 1. The maximum Gasteiger partial charge on any atom is 0.244 e. The van der Waals surface area contributed by atoms with Crippen LogP contribution >= 0.6 is 0 Å². The van der Waals surface area contributed by atoms with Crippen LogP contribution in [0.4, 0.5) is 10.2 Å². The van der Waals surface area contributed by atoms with E-state index in [2.05, 4.69) is 36.1 Å². The molecule has 2 bridgehead atoms. The molecule has 38 heavy (non-hydrogen) atoms. The molecule has 5 aromatic rings. The van der Waals surface area contributed by atoms with E-state index in [1.165, 1.54) is 12.0 Å². The number of ether oxygens (including phenoxy) is 2. The molecule has 0 aliphatic carbocycles. The molecule has 1 N–H and O–H groups in total. The maximum absolute atomic E-state index is 14.5. The topological polar surface area (TPSA) is 96.7 Å². The number of rotatable bonds is 7. The predicted molar refractivity (Wildman–Crippen MR) is 140 cm³/mol. The van der Waals surface area contributed by atoms with E-state index in [1.54, 1.807) is 17.8 Å². The lowest BCUT2D eigenvalue weighted by Crippen LogP contribution is -2.68. The second-order valence-electron chi connectivity index (χ2n) is 9.79. The van der Waals surface area contributed by atoms with Gasteiger partial charge in [-0.25, -0.2) is 14.5 Å². The molecule has 3 aliphatic heterocycles. The van der Waals surface area contributed by atoms with Gasteiger partial charge in [0.05, 0.1) is 25.4 Å². The summed E-state index contributed by atoms with van der Waals surface area (Å²) in [6, 6.07) is 11.0. The minimum atomic E-state index is -0.576. The number of aromatic amines is 1. The van der Waals surface area contributed by atoms with Crippen molar-refractivity contribution < 1.29 is 13.9 Å². The Hall–Kier alpha value is -4.25. The first-order valence-electron chi connectivity index (χ1n) is 12.8. The van der Waals surface area contributed by atoms with Crippen molar-refractivity contribution in [2.75, 3.05) is 31.7 Å². The second kappa shape index (κ2) is 8.95. The van der Waals surface area contributed by atoms with Crippen molar-refractivity contribution in [3.63, 3.8) is 0 Å². The van der Waals surface area contributed by atoms with Crippen molar-refractivity contribution in [1.29, 1.82) is 0 Å². The number of fused-ring (bicyclic) bond motifs is 5. The third kappa shape index (κ3) is 3.73. The van der Waals surface area contributed by atoms with Gasteiger partial charge in [0.25, 0.3) is 0 Å². The van der Waals surface area contributed by atoms with Gasteiger partial charge in [-0.05, 0) is 37.1 Å². The lowest BCUT2D eigenvalue weighted by Gasteiger charge is -2.56. The minimum absolute atomic E-state index is 0.357. The van der Waals surface area contributed by atoms with Crippen LogP contribution < -0.4 is 14.4 Å². The van der Waals surface area contributed by atoms with Gasteiger partial charge in [-0.15, -0.1) is 10.2 Å². The van der Waals surface area contributed by atoms with E-state index in [0.29, 0.717) is 46.9 Å². The molecule has 5 aromatic heterocycles. The molecule has 11 heteroatoms. The molecule has 3 saturated heterocycles. The highest BCUT2D eigenvalue weighted by atomic mass is 19.1. The summed E-state index contributed by atoms with van der Waals surface area (Å²) >= 11 is 0. The largest absolute Gasteiger partial charge is 0.492 e. The fourth-order valence-corrected chi connectivity index (χ4v) is 5.75. The van der Waals surface area contributed by atoms with Gasteiger partial charge in [-0.3, -0.25) is 10.00 Å². The molecular formula is C27H27FN8O2. The molecule has 0 amide bonds. The Morgan fingerprint density at radius 2 is 1.97 bits per heavy atom. The van der Waals surface area contributed by atoms with Crippen molar-refractivity contribution in [2.24, 2.45) is 0 Å². The smallest absolute Gasteiger partial charge is 0.244 e. The van der Waals surface area contributed by atoms with Gasteiger partial charge in [0.15, 0.2) is 5.65 Å². The number of pyridine rings is 3. The van der Waals surface area contributed by atoms with Gasteiger partial charge in [0.1, 0.15) is 17.0 Å². The summed E-state index contributed by atoms with van der Waals surface area (Å²) in [5, 5.41) is 11.2. The average molecular weight is 515 g/mol. The molecule has 2 atom stereocenters. The number of aromatic nitrogens is 6. The van der Waals surface area contributed by atoms with Gasteiger partial charge in [-0.2, -0.15) is 4.39 Å². The highest BCUT2D eigenvalue weighted by Crippen LogP contribution is 2.37. The van der Waals surface area contributed by atoms with Gasteiger partial charge in [0, 0.05) is 61.3 Å². The van der Waals surface area contributed by atoms with Crippen LogP contribution in [-0.2, 0) is 6.54 Å². The molecular weight excluding hydrogens is 487 g/mol. The van der Waals surface area contributed by atoms with Crippen LogP contribution in [0.5, 0.6) is 11.6 Å². The van der Waals surface area contributed by atoms with E-state index in [0.717, 1.165) is 36.6 Å². The molecule has 2 unspecified atom stereocenters. The Bertz CT molecular complexity index is 1600. The van der Waals surface area contributed by atoms with Crippen LogP contribution in [0.25, 0.3) is 27.7 Å². The van der Waals surface area contributed by atoms with Crippen LogP contribution in [0.1, 0.15) is 18.9 Å². The molecule has 8 heterocycles. The van der Waals surface area contributed by atoms with Gasteiger partial charge >= 0.3 is 0 Å². The van der Waals surface area contributed by atoms with E-state index in [-0.39, 0.29) is 0 Å². The monoisotopic (exact) mass is 514 g/mol. The SMILES string of the molecule is CCOc1cc(-c2ccc(N3CC4CC(C3)N4Cc3ccc(OC)nc3)nc2)c2c3c(F)n[nH]c3nn2c1. The summed E-state index contributed by atoms with van der Waals surface area (Å²) in [4.78, 5) is 14.1. The van der Waals surface area contributed by atoms with Crippen LogP contribution in [0.3, 0.4) is 0 Å². The maximum atomic E-state index is 14.5. The zero-order chi connectivity index (χ0) is 25.8. The lowest BCUT2D eigenvalue weighted by atomic mass is 9.87. The molecule has 3 aliphatic rings. The summed E-state index contributed by atoms with van der Waals surface area (Å²) in [6.45, 7) is 5.19. The van der Waals surface area contributed by atoms with Gasteiger partial charge in [0.2, 0.25) is 11.8 Å². The van der Waals surface area contributed by atoms with Crippen LogP contribution in [0, 0.1) is 5.95 Å². The average Bonchev–Trinajstić information content (AvgIpc) is 3.50. The minimum Gasteiger partial charge on any atom is -0.492 e. The molecule has 0 spiro atoms. The van der Waals surface area contributed by atoms with Crippen molar-refractivity contribution in [3.05, 3.63) is 60.4 Å². The molecule has 10 nitrogen and oxygen atoms in total. The van der Waals surface area contributed by atoms with E-state index in [4.69, 9.17) is 14.5 Å². The Morgan fingerprint density at radius 1 is 1.11 bits per heavy atom. The molecule has 0 radical (unpaired) electrons. The predicted octanol–water partition coefficient (Wildman–Crippen LogP) is 3.68. The second-order valence-corrected chi connectivity index (χ2v) is 9.79. The number of methoxy groups -OCH3 is 1. The molecule has 8 rings (SSSR count). The van der Waals surface area contributed by atoms with E-state index >= 15 is 0 Å². The third-order valence-corrected chi connectivity index (χ3v) is 7.58. The number of anilines is 1. The van der Waals surface area contributed by atoms with Crippen molar-refractivity contribution in [1.82, 2.24) is 34.7 Å². The normalized spacial score (nSPS) is 19.2. The van der Waals surface area contributed by atoms with Gasteiger partial charge < -0.3 is 14.4 Å². The van der Waals surface area contributed by atoms with Crippen LogP contribution in [0.2, 0.25) is 0 Å². The molecule has 3 fully saturated rings. The van der Waals surface area contributed by atoms with Gasteiger partial charge in [-0.1, -0.05) is 6.07 Å². The van der Waals surface area contributed by atoms with Crippen molar-refractivity contribution in [3.8, 4) is 22.8 Å². The first kappa shape index (κ1) is 22.9. The molecule has 194 valence electrons. The standard InChI is InChI=1S/C27H27FN8O2/c1-3-38-20-9-21(25-24-26(28)31-32-27(24)33-36(25)15-20)17-5-6-22(29-11-17)34-13-18-8-19(14-34)35(18)12-16-4-7-23(37-2)30-10-16/h4-7,9-11,15,18-19H,3,8,12-14H2,1-2H3,(H,32,33). The number of nitrogens with one attached hydrogen (secondary N) is 1. The molecule has 0 aromatic carbocycles. The van der Waals surface area contributed by atoms with E-state index in [1.807, 2.05) is 43.6 Å². The first-order chi connectivity index (χ1) is 18.6. The number of halogens is 1. The summed E-state index contributed by atoms with van der Waals surface area (Å²) in [6.07, 6.45) is 6.70. The number of hydrogen-bond donors (Lipinski definition) is 1. The summed E-state index contributed by atoms with van der Waals surface area (Å²) in [5.74, 6) is 1.66. The summed E-state index contributed by atoms with van der Waals surface area (Å²) in [5.41, 5.74) is 3.87. The van der Waals surface area contributed by atoms with E-state index < -0.39 is 5.95 Å². The number of hydrogen-bond acceptors (Lipinski definition) is 8. The zero-order valence-corrected chi connectivity index (χ0v) is 21.1. The summed E-state index contributed by atoms with van der Waals surface area (Å²) < 4.78 is 27.1.